The van der Waals surface area contributed by atoms with Crippen molar-refractivity contribution in [1.82, 2.24) is 9.97 Å². The standard InChI is InChI=1S/C26H28N4/c1-17(2)19-11-5-7-13-21(19)27-25-26(30-24-16-10-9-15-23(24)29-25)28-22-14-8-6-12-20(22)18(3)4/h5-18H,1-4H3,(H,27,29)(H,28,30). The van der Waals surface area contributed by atoms with Crippen molar-refractivity contribution in [3.8, 4) is 0 Å². The van der Waals surface area contributed by atoms with Gasteiger partial charge in [0.15, 0.2) is 11.6 Å². The zero-order chi connectivity index (χ0) is 21.1. The molecule has 0 atom stereocenters. The summed E-state index contributed by atoms with van der Waals surface area (Å²) in [4.78, 5) is 9.81. The van der Waals surface area contributed by atoms with Crippen LogP contribution < -0.4 is 10.6 Å². The van der Waals surface area contributed by atoms with Crippen molar-refractivity contribution in [2.75, 3.05) is 10.6 Å². The van der Waals surface area contributed by atoms with Crippen LogP contribution in [0.1, 0.15) is 50.7 Å². The number of hydrogen-bond donors (Lipinski definition) is 2. The molecular formula is C26H28N4. The average Bonchev–Trinajstić information content (AvgIpc) is 2.74. The van der Waals surface area contributed by atoms with Crippen molar-refractivity contribution < 1.29 is 0 Å². The Hall–Kier alpha value is -3.40. The third-order valence-electron chi connectivity index (χ3n) is 5.24. The highest BCUT2D eigenvalue weighted by Gasteiger charge is 2.14. The summed E-state index contributed by atoms with van der Waals surface area (Å²) in [5.41, 5.74) is 6.34. The monoisotopic (exact) mass is 396 g/mol. The first-order valence-corrected chi connectivity index (χ1v) is 10.5. The lowest BCUT2D eigenvalue weighted by Gasteiger charge is -2.19. The molecule has 0 saturated heterocycles. The second-order valence-corrected chi connectivity index (χ2v) is 8.14. The Morgan fingerprint density at radius 2 is 0.900 bits per heavy atom. The molecule has 4 heteroatoms. The molecule has 0 unspecified atom stereocenters. The van der Waals surface area contributed by atoms with Crippen molar-refractivity contribution in [2.45, 2.75) is 39.5 Å². The molecule has 4 rings (SSSR count). The molecule has 2 N–H and O–H groups in total. The number of aromatic nitrogens is 2. The van der Waals surface area contributed by atoms with E-state index >= 15 is 0 Å². The largest absolute Gasteiger partial charge is 0.337 e. The lowest BCUT2D eigenvalue weighted by atomic mass is 10.0. The van der Waals surface area contributed by atoms with Gasteiger partial charge >= 0.3 is 0 Å². The van der Waals surface area contributed by atoms with Crippen LogP contribution in [0.15, 0.2) is 72.8 Å². The fourth-order valence-corrected chi connectivity index (χ4v) is 3.66. The van der Waals surface area contributed by atoms with E-state index in [1.54, 1.807) is 0 Å². The predicted octanol–water partition coefficient (Wildman–Crippen LogP) is 7.36. The number of anilines is 4. The molecule has 0 radical (unpaired) electrons. The van der Waals surface area contributed by atoms with Crippen molar-refractivity contribution in [3.63, 3.8) is 0 Å². The number of para-hydroxylation sites is 4. The van der Waals surface area contributed by atoms with E-state index in [-0.39, 0.29) is 0 Å². The van der Waals surface area contributed by atoms with Gasteiger partial charge in [-0.05, 0) is 47.2 Å². The van der Waals surface area contributed by atoms with Crippen LogP contribution >= 0.6 is 0 Å². The minimum Gasteiger partial charge on any atom is -0.337 e. The quantitative estimate of drug-likeness (QED) is 0.357. The Balaban J connectivity index is 1.81. The molecule has 152 valence electrons. The minimum absolute atomic E-state index is 0.403. The summed E-state index contributed by atoms with van der Waals surface area (Å²) < 4.78 is 0. The van der Waals surface area contributed by atoms with Gasteiger partial charge in [-0.25, -0.2) is 9.97 Å². The van der Waals surface area contributed by atoms with E-state index in [0.29, 0.717) is 11.8 Å². The molecule has 3 aromatic carbocycles. The first-order valence-electron chi connectivity index (χ1n) is 10.5. The number of rotatable bonds is 6. The SMILES string of the molecule is CC(C)c1ccccc1Nc1nc2ccccc2nc1Nc1ccccc1C(C)C. The molecule has 0 fully saturated rings. The minimum atomic E-state index is 0.403. The highest BCUT2D eigenvalue weighted by atomic mass is 15.1. The zero-order valence-corrected chi connectivity index (χ0v) is 18.0. The Bertz CT molecular complexity index is 1070. The number of fused-ring (bicyclic) bond motifs is 1. The first kappa shape index (κ1) is 19.9. The van der Waals surface area contributed by atoms with Gasteiger partial charge in [0.2, 0.25) is 0 Å². The first-order chi connectivity index (χ1) is 14.5. The van der Waals surface area contributed by atoms with Gasteiger partial charge in [-0.15, -0.1) is 0 Å². The van der Waals surface area contributed by atoms with Gasteiger partial charge in [0.1, 0.15) is 0 Å². The topological polar surface area (TPSA) is 49.8 Å². The molecule has 0 aliphatic heterocycles. The van der Waals surface area contributed by atoms with Crippen molar-refractivity contribution in [2.24, 2.45) is 0 Å². The van der Waals surface area contributed by atoms with Crippen LogP contribution in [0, 0.1) is 0 Å². The summed E-state index contributed by atoms with van der Waals surface area (Å²) >= 11 is 0. The Morgan fingerprint density at radius 3 is 1.30 bits per heavy atom. The van der Waals surface area contributed by atoms with Gasteiger partial charge in [0.25, 0.3) is 0 Å². The lowest BCUT2D eigenvalue weighted by Crippen LogP contribution is -2.06. The Morgan fingerprint density at radius 1 is 0.533 bits per heavy atom. The summed E-state index contributed by atoms with van der Waals surface area (Å²) in [6.07, 6.45) is 0. The van der Waals surface area contributed by atoms with Gasteiger partial charge in [-0.1, -0.05) is 76.2 Å². The van der Waals surface area contributed by atoms with Crippen molar-refractivity contribution in [1.29, 1.82) is 0 Å². The number of nitrogens with one attached hydrogen (secondary N) is 2. The fourth-order valence-electron chi connectivity index (χ4n) is 3.66. The number of nitrogens with zero attached hydrogens (tertiary/aromatic N) is 2. The highest BCUT2D eigenvalue weighted by Crippen LogP contribution is 2.33. The Kier molecular flexibility index (Phi) is 5.66. The molecule has 0 amide bonds. The smallest absolute Gasteiger partial charge is 0.174 e. The third kappa shape index (κ3) is 4.13. The molecule has 1 heterocycles. The van der Waals surface area contributed by atoms with Gasteiger partial charge in [0.05, 0.1) is 11.0 Å². The van der Waals surface area contributed by atoms with Gasteiger partial charge < -0.3 is 10.6 Å². The number of benzene rings is 3. The second-order valence-electron chi connectivity index (χ2n) is 8.14. The van der Waals surface area contributed by atoms with Crippen LogP contribution in [0.2, 0.25) is 0 Å². The lowest BCUT2D eigenvalue weighted by molar-refractivity contribution is 0.868. The molecule has 4 nitrogen and oxygen atoms in total. The van der Waals surface area contributed by atoms with Crippen LogP contribution in [0.25, 0.3) is 11.0 Å². The molecule has 0 saturated carbocycles. The average molecular weight is 397 g/mol. The van der Waals surface area contributed by atoms with Crippen LogP contribution in [0.3, 0.4) is 0 Å². The normalized spacial score (nSPS) is 11.3. The second kappa shape index (κ2) is 8.54. The van der Waals surface area contributed by atoms with E-state index < -0.39 is 0 Å². The predicted molar refractivity (Wildman–Crippen MR) is 127 cm³/mol. The van der Waals surface area contributed by atoms with Crippen LogP contribution in [-0.4, -0.2) is 9.97 Å². The number of hydrogen-bond acceptors (Lipinski definition) is 4. The molecule has 4 aromatic rings. The Labute approximate surface area is 178 Å². The van der Waals surface area contributed by atoms with Crippen molar-refractivity contribution >= 4 is 34.0 Å². The van der Waals surface area contributed by atoms with E-state index in [1.807, 2.05) is 36.4 Å². The third-order valence-corrected chi connectivity index (χ3v) is 5.24. The van der Waals surface area contributed by atoms with Crippen molar-refractivity contribution in [3.05, 3.63) is 83.9 Å². The van der Waals surface area contributed by atoms with Gasteiger partial charge in [-0.3, -0.25) is 0 Å². The zero-order valence-electron chi connectivity index (χ0n) is 18.0. The van der Waals surface area contributed by atoms with E-state index in [4.69, 9.17) is 9.97 Å². The molecule has 30 heavy (non-hydrogen) atoms. The van der Waals surface area contributed by atoms with E-state index in [9.17, 15) is 0 Å². The maximum atomic E-state index is 4.91. The molecular weight excluding hydrogens is 368 g/mol. The highest BCUT2D eigenvalue weighted by molar-refractivity contribution is 5.84. The van der Waals surface area contributed by atoms with Crippen LogP contribution in [0.5, 0.6) is 0 Å². The van der Waals surface area contributed by atoms with E-state index in [2.05, 4.69) is 74.7 Å². The van der Waals surface area contributed by atoms with E-state index in [1.165, 1.54) is 11.1 Å². The molecule has 0 spiro atoms. The summed E-state index contributed by atoms with van der Waals surface area (Å²) in [6, 6.07) is 24.7. The molecule has 0 aliphatic rings. The van der Waals surface area contributed by atoms with Crippen LogP contribution in [0.4, 0.5) is 23.0 Å². The van der Waals surface area contributed by atoms with Gasteiger partial charge in [-0.2, -0.15) is 0 Å². The fraction of sp³-hybridized carbons (Fsp3) is 0.231. The molecule has 1 aromatic heterocycles. The summed E-state index contributed by atoms with van der Waals surface area (Å²) in [5.74, 6) is 2.25. The summed E-state index contributed by atoms with van der Waals surface area (Å²) in [7, 11) is 0. The maximum Gasteiger partial charge on any atom is 0.174 e. The summed E-state index contributed by atoms with van der Waals surface area (Å²) in [5, 5.41) is 7.09. The van der Waals surface area contributed by atoms with E-state index in [0.717, 1.165) is 34.0 Å². The maximum absolute atomic E-state index is 4.91. The molecule has 0 bridgehead atoms. The summed E-state index contributed by atoms with van der Waals surface area (Å²) in [6.45, 7) is 8.80. The van der Waals surface area contributed by atoms with Crippen LogP contribution in [-0.2, 0) is 0 Å². The van der Waals surface area contributed by atoms with Gasteiger partial charge in [0, 0.05) is 11.4 Å². The molecule has 0 aliphatic carbocycles.